The lowest BCUT2D eigenvalue weighted by atomic mass is 10.0. The summed E-state index contributed by atoms with van der Waals surface area (Å²) in [6, 6.07) is 0. The Kier molecular flexibility index (Phi) is 1.90. The predicted octanol–water partition coefficient (Wildman–Crippen LogP) is 1.53. The summed E-state index contributed by atoms with van der Waals surface area (Å²) in [5, 5.41) is 0. The zero-order valence-electron chi connectivity index (χ0n) is 5.49. The molecule has 0 aromatic heterocycles. The normalized spacial score (nSPS) is 22.8. The van der Waals surface area contributed by atoms with Gasteiger partial charge in [-0.1, -0.05) is 0 Å². The van der Waals surface area contributed by atoms with Gasteiger partial charge < -0.3 is 5.73 Å². The van der Waals surface area contributed by atoms with E-state index in [-0.39, 0.29) is 12.5 Å². The highest BCUT2D eigenvalue weighted by Gasteiger charge is 2.47. The summed E-state index contributed by atoms with van der Waals surface area (Å²) < 4.78 is 35.8. The molecule has 10 heavy (non-hydrogen) atoms. The van der Waals surface area contributed by atoms with Crippen LogP contribution < -0.4 is 5.73 Å². The van der Waals surface area contributed by atoms with Gasteiger partial charge in [-0.15, -0.1) is 0 Å². The molecule has 0 aromatic rings. The minimum atomic E-state index is -4.07. The van der Waals surface area contributed by atoms with Crippen molar-refractivity contribution in [2.75, 3.05) is 6.54 Å². The second kappa shape index (κ2) is 2.42. The average Bonchev–Trinajstić information content (AvgIpc) is 2.46. The third-order valence-electron chi connectivity index (χ3n) is 1.87. The highest BCUT2D eigenvalue weighted by atomic mass is 19.4. The first-order valence-electron chi connectivity index (χ1n) is 3.32. The molecule has 0 aliphatic heterocycles. The third-order valence-corrected chi connectivity index (χ3v) is 1.87. The molecule has 1 aliphatic carbocycles. The van der Waals surface area contributed by atoms with Crippen LogP contribution >= 0.6 is 0 Å². The SMILES string of the molecule is NCC(C1CC1)C(F)(F)F. The van der Waals surface area contributed by atoms with Gasteiger partial charge in [0.05, 0.1) is 5.92 Å². The van der Waals surface area contributed by atoms with Crippen LogP contribution in [0.1, 0.15) is 12.8 Å². The lowest BCUT2D eigenvalue weighted by Crippen LogP contribution is -2.31. The van der Waals surface area contributed by atoms with Crippen LogP contribution in [-0.4, -0.2) is 12.7 Å². The predicted molar refractivity (Wildman–Crippen MR) is 31.3 cm³/mol. The fraction of sp³-hybridized carbons (Fsp3) is 1.00. The van der Waals surface area contributed by atoms with Gasteiger partial charge in [0, 0.05) is 6.54 Å². The molecular formula is C6H10F3N. The Morgan fingerprint density at radius 3 is 2.00 bits per heavy atom. The Morgan fingerprint density at radius 1 is 1.40 bits per heavy atom. The van der Waals surface area contributed by atoms with E-state index >= 15 is 0 Å². The van der Waals surface area contributed by atoms with Crippen LogP contribution in [0.2, 0.25) is 0 Å². The number of halogens is 3. The second-order valence-electron chi connectivity index (χ2n) is 2.72. The monoisotopic (exact) mass is 153 g/mol. The van der Waals surface area contributed by atoms with E-state index in [0.717, 1.165) is 0 Å². The van der Waals surface area contributed by atoms with E-state index in [1.54, 1.807) is 0 Å². The molecule has 1 rings (SSSR count). The van der Waals surface area contributed by atoms with Crippen molar-refractivity contribution in [3.8, 4) is 0 Å². The fourth-order valence-electron chi connectivity index (χ4n) is 1.09. The Balaban J connectivity index is 2.46. The minimum absolute atomic E-state index is 0.176. The first-order chi connectivity index (χ1) is 4.55. The number of nitrogens with two attached hydrogens (primary N) is 1. The molecule has 1 fully saturated rings. The van der Waals surface area contributed by atoms with Crippen molar-refractivity contribution in [2.24, 2.45) is 17.6 Å². The van der Waals surface area contributed by atoms with Crippen molar-refractivity contribution in [3.05, 3.63) is 0 Å². The third kappa shape index (κ3) is 1.62. The van der Waals surface area contributed by atoms with E-state index in [2.05, 4.69) is 0 Å². The van der Waals surface area contributed by atoms with E-state index < -0.39 is 12.1 Å². The Bertz CT molecular complexity index is 117. The van der Waals surface area contributed by atoms with Crippen molar-refractivity contribution in [1.82, 2.24) is 0 Å². The molecule has 1 nitrogen and oxygen atoms in total. The molecule has 1 unspecified atom stereocenters. The number of hydrogen-bond acceptors (Lipinski definition) is 1. The lowest BCUT2D eigenvalue weighted by Gasteiger charge is -2.16. The molecule has 60 valence electrons. The van der Waals surface area contributed by atoms with Crippen LogP contribution in [0.25, 0.3) is 0 Å². The standard InChI is InChI=1S/C6H10F3N/c7-6(8,9)5(3-10)4-1-2-4/h4-5H,1-3,10H2. The van der Waals surface area contributed by atoms with Gasteiger partial charge in [-0.2, -0.15) is 13.2 Å². The van der Waals surface area contributed by atoms with Gasteiger partial charge in [0.15, 0.2) is 0 Å². The van der Waals surface area contributed by atoms with Gasteiger partial charge >= 0.3 is 6.18 Å². The van der Waals surface area contributed by atoms with Gasteiger partial charge in [-0.3, -0.25) is 0 Å². The van der Waals surface area contributed by atoms with Gasteiger partial charge in [-0.05, 0) is 18.8 Å². The summed E-state index contributed by atoms with van der Waals surface area (Å²) >= 11 is 0. The summed E-state index contributed by atoms with van der Waals surface area (Å²) in [7, 11) is 0. The van der Waals surface area contributed by atoms with Crippen LogP contribution in [0.5, 0.6) is 0 Å². The topological polar surface area (TPSA) is 26.0 Å². The molecule has 2 N–H and O–H groups in total. The smallest absolute Gasteiger partial charge is 0.330 e. The van der Waals surface area contributed by atoms with E-state index in [1.165, 1.54) is 0 Å². The lowest BCUT2D eigenvalue weighted by molar-refractivity contribution is -0.177. The molecule has 0 bridgehead atoms. The van der Waals surface area contributed by atoms with Crippen LogP contribution in [0, 0.1) is 11.8 Å². The minimum Gasteiger partial charge on any atom is -0.330 e. The molecule has 0 radical (unpaired) electrons. The van der Waals surface area contributed by atoms with Gasteiger partial charge in [0.25, 0.3) is 0 Å². The van der Waals surface area contributed by atoms with Gasteiger partial charge in [0.2, 0.25) is 0 Å². The molecule has 4 heteroatoms. The molecule has 0 saturated heterocycles. The quantitative estimate of drug-likeness (QED) is 0.639. The molecular weight excluding hydrogens is 143 g/mol. The summed E-state index contributed by atoms with van der Waals surface area (Å²) in [6.45, 7) is -0.256. The average molecular weight is 153 g/mol. The Morgan fingerprint density at radius 2 is 1.90 bits per heavy atom. The van der Waals surface area contributed by atoms with Crippen molar-refractivity contribution in [3.63, 3.8) is 0 Å². The fourth-order valence-corrected chi connectivity index (χ4v) is 1.09. The second-order valence-corrected chi connectivity index (χ2v) is 2.72. The van der Waals surface area contributed by atoms with E-state index in [4.69, 9.17) is 5.73 Å². The van der Waals surface area contributed by atoms with Crippen LogP contribution in [0.3, 0.4) is 0 Å². The van der Waals surface area contributed by atoms with Crippen molar-refractivity contribution < 1.29 is 13.2 Å². The zero-order chi connectivity index (χ0) is 7.78. The van der Waals surface area contributed by atoms with Crippen molar-refractivity contribution in [1.29, 1.82) is 0 Å². The Labute approximate surface area is 57.4 Å². The van der Waals surface area contributed by atoms with E-state index in [0.29, 0.717) is 12.8 Å². The van der Waals surface area contributed by atoms with Crippen LogP contribution in [0.4, 0.5) is 13.2 Å². The molecule has 1 aliphatic rings. The molecule has 1 saturated carbocycles. The van der Waals surface area contributed by atoms with Gasteiger partial charge in [0.1, 0.15) is 0 Å². The zero-order valence-corrected chi connectivity index (χ0v) is 5.49. The molecule has 0 amide bonds. The van der Waals surface area contributed by atoms with E-state index in [9.17, 15) is 13.2 Å². The summed E-state index contributed by atoms with van der Waals surface area (Å²) in [5.41, 5.74) is 4.98. The highest BCUT2D eigenvalue weighted by molar-refractivity contribution is 4.85. The Hall–Kier alpha value is -0.250. The highest BCUT2D eigenvalue weighted by Crippen LogP contribution is 2.44. The molecule has 0 spiro atoms. The van der Waals surface area contributed by atoms with Crippen LogP contribution in [-0.2, 0) is 0 Å². The van der Waals surface area contributed by atoms with Crippen LogP contribution in [0.15, 0.2) is 0 Å². The van der Waals surface area contributed by atoms with Crippen molar-refractivity contribution in [2.45, 2.75) is 19.0 Å². The first-order valence-corrected chi connectivity index (χ1v) is 3.32. The number of hydrogen-bond donors (Lipinski definition) is 1. The maximum absolute atomic E-state index is 11.9. The van der Waals surface area contributed by atoms with Gasteiger partial charge in [-0.25, -0.2) is 0 Å². The molecule has 1 atom stereocenters. The largest absolute Gasteiger partial charge is 0.393 e. The molecule has 0 aromatic carbocycles. The van der Waals surface area contributed by atoms with Crippen molar-refractivity contribution >= 4 is 0 Å². The number of rotatable bonds is 2. The maximum atomic E-state index is 11.9. The maximum Gasteiger partial charge on any atom is 0.393 e. The first kappa shape index (κ1) is 7.85. The summed E-state index contributed by atoms with van der Waals surface area (Å²) in [6.07, 6.45) is -2.68. The molecule has 0 heterocycles. The van der Waals surface area contributed by atoms with E-state index in [1.807, 2.05) is 0 Å². The number of alkyl halides is 3. The summed E-state index contributed by atoms with van der Waals surface area (Å²) in [4.78, 5) is 0. The summed E-state index contributed by atoms with van der Waals surface area (Å²) in [5.74, 6) is -1.42.